The second kappa shape index (κ2) is 5.82. The van der Waals surface area contributed by atoms with Gasteiger partial charge in [-0.25, -0.2) is 9.37 Å². The molecule has 3 nitrogen and oxygen atoms in total. The predicted octanol–water partition coefficient (Wildman–Crippen LogP) is 3.60. The largest absolute Gasteiger partial charge is 0.481 e. The van der Waals surface area contributed by atoms with E-state index in [1.54, 1.807) is 25.4 Å². The molecule has 5 heteroatoms. The number of hydrogen-bond acceptors (Lipinski definition) is 3. The molecule has 94 valence electrons. The molecule has 0 saturated heterocycles. The van der Waals surface area contributed by atoms with Gasteiger partial charge in [-0.15, -0.1) is 0 Å². The van der Waals surface area contributed by atoms with E-state index in [4.69, 9.17) is 4.74 Å². The molecular formula is C13H12BrFN2O. The van der Waals surface area contributed by atoms with Crippen LogP contribution in [0.1, 0.15) is 5.56 Å². The Labute approximate surface area is 113 Å². The second-order valence-electron chi connectivity index (χ2n) is 3.68. The number of hydrogen-bond donors (Lipinski definition) is 1. The molecule has 1 aromatic carbocycles. The molecule has 0 aliphatic carbocycles. The van der Waals surface area contributed by atoms with Gasteiger partial charge in [0, 0.05) is 17.1 Å². The van der Waals surface area contributed by atoms with Gasteiger partial charge in [-0.3, -0.25) is 0 Å². The molecule has 0 aliphatic heterocycles. The zero-order valence-electron chi connectivity index (χ0n) is 9.78. The summed E-state index contributed by atoms with van der Waals surface area (Å²) < 4.78 is 18.9. The number of anilines is 1. The van der Waals surface area contributed by atoms with Crippen molar-refractivity contribution in [3.63, 3.8) is 0 Å². The summed E-state index contributed by atoms with van der Waals surface area (Å²) in [5.41, 5.74) is 1.71. The number of aromatic nitrogens is 1. The normalized spacial score (nSPS) is 10.2. The zero-order valence-corrected chi connectivity index (χ0v) is 11.4. The van der Waals surface area contributed by atoms with Crippen molar-refractivity contribution >= 4 is 21.6 Å². The number of nitrogens with zero attached hydrogens (tertiary/aromatic N) is 1. The third-order valence-corrected chi connectivity index (χ3v) is 3.21. The summed E-state index contributed by atoms with van der Waals surface area (Å²) in [6, 6.07) is 8.23. The van der Waals surface area contributed by atoms with E-state index in [2.05, 4.69) is 26.2 Å². The number of methoxy groups -OCH3 is 1. The van der Waals surface area contributed by atoms with Crippen LogP contribution in [0.4, 0.5) is 10.1 Å². The van der Waals surface area contributed by atoms with Crippen LogP contribution in [0.15, 0.2) is 41.0 Å². The molecule has 0 amide bonds. The number of pyridine rings is 1. The molecule has 1 aromatic heterocycles. The van der Waals surface area contributed by atoms with Gasteiger partial charge in [0.15, 0.2) is 0 Å². The van der Waals surface area contributed by atoms with E-state index in [-0.39, 0.29) is 5.82 Å². The van der Waals surface area contributed by atoms with E-state index in [1.165, 1.54) is 12.1 Å². The molecule has 0 saturated carbocycles. The molecule has 0 bridgehead atoms. The van der Waals surface area contributed by atoms with Crippen molar-refractivity contribution < 1.29 is 9.13 Å². The molecule has 0 spiro atoms. The molecule has 18 heavy (non-hydrogen) atoms. The fraction of sp³-hybridized carbons (Fsp3) is 0.154. The van der Waals surface area contributed by atoms with Crippen molar-refractivity contribution in [2.75, 3.05) is 12.4 Å². The molecule has 0 aliphatic rings. The highest BCUT2D eigenvalue weighted by Crippen LogP contribution is 2.19. The third-order valence-electron chi connectivity index (χ3n) is 2.44. The van der Waals surface area contributed by atoms with Gasteiger partial charge in [-0.1, -0.05) is 15.9 Å². The van der Waals surface area contributed by atoms with Gasteiger partial charge in [0.2, 0.25) is 5.88 Å². The first-order valence-corrected chi connectivity index (χ1v) is 6.16. The van der Waals surface area contributed by atoms with Gasteiger partial charge in [0.25, 0.3) is 0 Å². The number of nitrogens with one attached hydrogen (secondary N) is 1. The summed E-state index contributed by atoms with van der Waals surface area (Å²) >= 11 is 3.38. The first kappa shape index (κ1) is 12.8. The summed E-state index contributed by atoms with van der Waals surface area (Å²) in [6.45, 7) is 0.520. The fourth-order valence-electron chi connectivity index (χ4n) is 1.48. The van der Waals surface area contributed by atoms with Crippen molar-refractivity contribution in [2.24, 2.45) is 0 Å². The molecule has 1 N–H and O–H groups in total. The average Bonchev–Trinajstić information content (AvgIpc) is 2.40. The van der Waals surface area contributed by atoms with E-state index in [1.807, 2.05) is 6.07 Å². The number of ether oxygens (including phenoxy) is 1. The topological polar surface area (TPSA) is 34.1 Å². The van der Waals surface area contributed by atoms with E-state index in [0.717, 1.165) is 15.7 Å². The van der Waals surface area contributed by atoms with E-state index >= 15 is 0 Å². The Bertz CT molecular complexity index is 531. The maximum absolute atomic E-state index is 13.1. The Balaban J connectivity index is 2.04. The van der Waals surface area contributed by atoms with Crippen LogP contribution >= 0.6 is 15.9 Å². The van der Waals surface area contributed by atoms with Crippen molar-refractivity contribution in [2.45, 2.75) is 6.54 Å². The maximum atomic E-state index is 13.1. The van der Waals surface area contributed by atoms with E-state index in [0.29, 0.717) is 12.4 Å². The highest BCUT2D eigenvalue weighted by molar-refractivity contribution is 9.10. The smallest absolute Gasteiger partial charge is 0.213 e. The lowest BCUT2D eigenvalue weighted by Crippen LogP contribution is -2.01. The summed E-state index contributed by atoms with van der Waals surface area (Å²) in [6.07, 6.45) is 1.67. The van der Waals surface area contributed by atoms with Crippen molar-refractivity contribution in [1.29, 1.82) is 0 Å². The van der Waals surface area contributed by atoms with Gasteiger partial charge >= 0.3 is 0 Å². The summed E-state index contributed by atoms with van der Waals surface area (Å²) in [5, 5.41) is 3.17. The summed E-state index contributed by atoms with van der Waals surface area (Å²) in [7, 11) is 1.57. The Kier molecular flexibility index (Phi) is 4.15. The highest BCUT2D eigenvalue weighted by Gasteiger charge is 2.02. The predicted molar refractivity (Wildman–Crippen MR) is 72.2 cm³/mol. The molecule has 0 fully saturated rings. The van der Waals surface area contributed by atoms with Crippen LogP contribution in [0.25, 0.3) is 0 Å². The minimum Gasteiger partial charge on any atom is -0.481 e. The van der Waals surface area contributed by atoms with Crippen LogP contribution in [-0.2, 0) is 6.54 Å². The molecule has 1 heterocycles. The standard InChI is InChI=1S/C13H12BrFN2O/c1-18-13-5-3-11(8-17-13)16-7-9-6-10(15)2-4-12(9)14/h2-6,8,16H,7H2,1H3. The summed E-state index contributed by atoms with van der Waals surface area (Å²) in [5.74, 6) is 0.315. The Morgan fingerprint density at radius 2 is 2.17 bits per heavy atom. The first-order chi connectivity index (χ1) is 8.69. The molecule has 0 radical (unpaired) electrons. The van der Waals surface area contributed by atoms with Gasteiger partial charge in [-0.05, 0) is 29.8 Å². The van der Waals surface area contributed by atoms with Crippen LogP contribution in [-0.4, -0.2) is 12.1 Å². The van der Waals surface area contributed by atoms with Crippen LogP contribution < -0.4 is 10.1 Å². The van der Waals surface area contributed by atoms with Gasteiger partial charge in [-0.2, -0.15) is 0 Å². The zero-order chi connectivity index (χ0) is 13.0. The van der Waals surface area contributed by atoms with Crippen LogP contribution in [0.5, 0.6) is 5.88 Å². The van der Waals surface area contributed by atoms with Crippen LogP contribution in [0, 0.1) is 5.82 Å². The van der Waals surface area contributed by atoms with Crippen LogP contribution in [0.3, 0.4) is 0 Å². The van der Waals surface area contributed by atoms with Gasteiger partial charge in [0.05, 0.1) is 19.0 Å². The molecule has 2 aromatic rings. The second-order valence-corrected chi connectivity index (χ2v) is 4.53. The Hall–Kier alpha value is -1.62. The average molecular weight is 311 g/mol. The highest BCUT2D eigenvalue weighted by atomic mass is 79.9. The lowest BCUT2D eigenvalue weighted by molar-refractivity contribution is 0.398. The van der Waals surface area contributed by atoms with Crippen molar-refractivity contribution in [1.82, 2.24) is 4.98 Å². The first-order valence-electron chi connectivity index (χ1n) is 5.37. The molecular weight excluding hydrogens is 299 g/mol. The number of benzene rings is 1. The number of rotatable bonds is 4. The van der Waals surface area contributed by atoms with Gasteiger partial charge in [0.1, 0.15) is 5.82 Å². The van der Waals surface area contributed by atoms with Crippen molar-refractivity contribution in [3.05, 3.63) is 52.4 Å². The molecule has 0 atom stereocenters. The molecule has 2 rings (SSSR count). The minimum absolute atomic E-state index is 0.247. The Morgan fingerprint density at radius 3 is 2.83 bits per heavy atom. The lowest BCUT2D eigenvalue weighted by atomic mass is 10.2. The third kappa shape index (κ3) is 3.20. The Morgan fingerprint density at radius 1 is 1.33 bits per heavy atom. The SMILES string of the molecule is COc1ccc(NCc2cc(F)ccc2Br)cn1. The monoisotopic (exact) mass is 310 g/mol. The quantitative estimate of drug-likeness (QED) is 0.937. The number of halogens is 2. The van der Waals surface area contributed by atoms with Crippen molar-refractivity contribution in [3.8, 4) is 5.88 Å². The van der Waals surface area contributed by atoms with E-state index in [9.17, 15) is 4.39 Å². The van der Waals surface area contributed by atoms with E-state index < -0.39 is 0 Å². The van der Waals surface area contributed by atoms with Crippen LogP contribution in [0.2, 0.25) is 0 Å². The minimum atomic E-state index is -0.247. The lowest BCUT2D eigenvalue weighted by Gasteiger charge is -2.08. The summed E-state index contributed by atoms with van der Waals surface area (Å²) in [4.78, 5) is 4.08. The molecule has 0 unspecified atom stereocenters. The van der Waals surface area contributed by atoms with Gasteiger partial charge < -0.3 is 10.1 Å². The fourth-order valence-corrected chi connectivity index (χ4v) is 1.87. The maximum Gasteiger partial charge on any atom is 0.213 e.